The highest BCUT2D eigenvalue weighted by Gasteiger charge is 2.23. The van der Waals surface area contributed by atoms with Crippen LogP contribution in [0, 0.1) is 0 Å². The van der Waals surface area contributed by atoms with Crippen molar-refractivity contribution in [2.24, 2.45) is 7.05 Å². The molecule has 4 nitrogen and oxygen atoms in total. The third kappa shape index (κ3) is 1.62. The minimum atomic E-state index is -0.0572. The van der Waals surface area contributed by atoms with E-state index in [0.29, 0.717) is 12.4 Å². The maximum absolute atomic E-state index is 11.7. The molecule has 0 radical (unpaired) electrons. The maximum Gasteiger partial charge on any atom is 0.293 e. The fourth-order valence-electron chi connectivity index (χ4n) is 1.61. The van der Waals surface area contributed by atoms with E-state index in [1.807, 2.05) is 4.90 Å². The predicted molar refractivity (Wildman–Crippen MR) is 55.9 cm³/mol. The van der Waals surface area contributed by atoms with E-state index in [1.165, 1.54) is 4.57 Å². The van der Waals surface area contributed by atoms with Crippen molar-refractivity contribution in [3.8, 4) is 0 Å². The third-order valence-corrected chi connectivity index (χ3v) is 2.79. The summed E-state index contributed by atoms with van der Waals surface area (Å²) in [5.74, 6) is 0.512. The molecule has 0 aliphatic carbocycles. The van der Waals surface area contributed by atoms with E-state index >= 15 is 0 Å². The topological polar surface area (TPSA) is 38.1 Å². The van der Waals surface area contributed by atoms with Crippen LogP contribution in [-0.2, 0) is 7.05 Å². The Morgan fingerprint density at radius 2 is 2.43 bits per heavy atom. The molecule has 1 aliphatic heterocycles. The van der Waals surface area contributed by atoms with Crippen LogP contribution < -0.4 is 10.5 Å². The summed E-state index contributed by atoms with van der Waals surface area (Å²) in [6.45, 7) is 1.54. The van der Waals surface area contributed by atoms with Gasteiger partial charge in [-0.2, -0.15) is 0 Å². The Balaban J connectivity index is 2.33. The van der Waals surface area contributed by atoms with Gasteiger partial charge in [0.15, 0.2) is 5.82 Å². The molecule has 1 atom stereocenters. The number of aryl methyl sites for hydroxylation is 1. The zero-order valence-electron chi connectivity index (χ0n) is 7.98. The highest BCUT2D eigenvalue weighted by atomic mass is 35.5. The summed E-state index contributed by atoms with van der Waals surface area (Å²) in [6, 6.07) is 0. The van der Waals surface area contributed by atoms with Crippen LogP contribution in [0.2, 0.25) is 0 Å². The molecule has 0 saturated carbocycles. The van der Waals surface area contributed by atoms with Crippen molar-refractivity contribution in [1.29, 1.82) is 0 Å². The van der Waals surface area contributed by atoms with Crippen molar-refractivity contribution in [2.45, 2.75) is 11.8 Å². The molecule has 0 spiro atoms. The molecule has 1 unspecified atom stereocenters. The number of hydrogen-bond donors (Lipinski definition) is 0. The smallest absolute Gasteiger partial charge is 0.293 e. The number of rotatable bonds is 1. The van der Waals surface area contributed by atoms with Gasteiger partial charge >= 0.3 is 0 Å². The highest BCUT2D eigenvalue weighted by molar-refractivity contribution is 6.21. The minimum Gasteiger partial charge on any atom is -0.350 e. The van der Waals surface area contributed by atoms with Gasteiger partial charge in [0.25, 0.3) is 5.56 Å². The number of aromatic nitrogens is 2. The summed E-state index contributed by atoms with van der Waals surface area (Å²) in [4.78, 5) is 17.7. The molecule has 1 aliphatic rings. The normalized spacial score (nSPS) is 21.6. The average molecular weight is 214 g/mol. The van der Waals surface area contributed by atoms with Crippen molar-refractivity contribution in [2.75, 3.05) is 18.0 Å². The van der Waals surface area contributed by atoms with E-state index in [4.69, 9.17) is 11.6 Å². The van der Waals surface area contributed by atoms with Gasteiger partial charge in [-0.1, -0.05) is 0 Å². The molecule has 2 rings (SSSR count). The first kappa shape index (κ1) is 9.52. The van der Waals surface area contributed by atoms with Crippen LogP contribution in [0.1, 0.15) is 6.42 Å². The molecule has 0 bridgehead atoms. The summed E-state index contributed by atoms with van der Waals surface area (Å²) < 4.78 is 1.53. The lowest BCUT2D eigenvalue weighted by Gasteiger charge is -2.15. The third-order valence-electron chi connectivity index (χ3n) is 2.43. The van der Waals surface area contributed by atoms with Crippen molar-refractivity contribution in [3.63, 3.8) is 0 Å². The van der Waals surface area contributed by atoms with Crippen molar-refractivity contribution in [1.82, 2.24) is 9.55 Å². The quantitative estimate of drug-likeness (QED) is 0.642. The van der Waals surface area contributed by atoms with Gasteiger partial charge in [-0.3, -0.25) is 4.79 Å². The van der Waals surface area contributed by atoms with Crippen LogP contribution in [0.5, 0.6) is 0 Å². The molecule has 76 valence electrons. The average Bonchev–Trinajstić information content (AvgIpc) is 2.57. The predicted octanol–water partition coefficient (Wildman–Crippen LogP) is 0.598. The van der Waals surface area contributed by atoms with Gasteiger partial charge in [0.05, 0.1) is 5.38 Å². The molecule has 2 heterocycles. The monoisotopic (exact) mass is 213 g/mol. The molecule has 1 fully saturated rings. The molecule has 0 aromatic carbocycles. The summed E-state index contributed by atoms with van der Waals surface area (Å²) in [7, 11) is 1.72. The number of anilines is 1. The molecular formula is C9H12ClN3O. The first-order valence-electron chi connectivity index (χ1n) is 4.59. The number of nitrogens with zero attached hydrogens (tertiary/aromatic N) is 3. The van der Waals surface area contributed by atoms with Gasteiger partial charge in [0.1, 0.15) is 0 Å². The second-order valence-corrected chi connectivity index (χ2v) is 4.12. The molecule has 1 aromatic rings. The van der Waals surface area contributed by atoms with Crippen molar-refractivity contribution in [3.05, 3.63) is 22.7 Å². The zero-order valence-corrected chi connectivity index (χ0v) is 8.74. The van der Waals surface area contributed by atoms with E-state index in [-0.39, 0.29) is 10.9 Å². The van der Waals surface area contributed by atoms with Gasteiger partial charge in [-0.25, -0.2) is 4.98 Å². The van der Waals surface area contributed by atoms with Crippen LogP contribution >= 0.6 is 11.6 Å². The van der Waals surface area contributed by atoms with Crippen LogP contribution in [0.15, 0.2) is 17.2 Å². The fraction of sp³-hybridized carbons (Fsp3) is 0.556. The first-order valence-corrected chi connectivity index (χ1v) is 5.03. The van der Waals surface area contributed by atoms with E-state index in [0.717, 1.165) is 13.0 Å². The number of halogens is 1. The lowest BCUT2D eigenvalue weighted by Crippen LogP contribution is -2.30. The Morgan fingerprint density at radius 1 is 1.64 bits per heavy atom. The van der Waals surface area contributed by atoms with Gasteiger partial charge in [0.2, 0.25) is 0 Å². The largest absolute Gasteiger partial charge is 0.350 e. The van der Waals surface area contributed by atoms with E-state index < -0.39 is 0 Å². The lowest BCUT2D eigenvalue weighted by molar-refractivity contribution is 0.811. The summed E-state index contributed by atoms with van der Waals surface area (Å²) in [5.41, 5.74) is -0.0572. The zero-order chi connectivity index (χ0) is 10.1. The fourth-order valence-corrected chi connectivity index (χ4v) is 1.88. The molecule has 0 amide bonds. The van der Waals surface area contributed by atoms with Crippen molar-refractivity contribution < 1.29 is 0 Å². The summed E-state index contributed by atoms with van der Waals surface area (Å²) in [5, 5.41) is 0.140. The minimum absolute atomic E-state index is 0.0572. The molecule has 14 heavy (non-hydrogen) atoms. The summed E-state index contributed by atoms with van der Waals surface area (Å²) >= 11 is 5.97. The van der Waals surface area contributed by atoms with Gasteiger partial charge in [-0.05, 0) is 6.42 Å². The van der Waals surface area contributed by atoms with Crippen LogP contribution in [-0.4, -0.2) is 28.0 Å². The summed E-state index contributed by atoms with van der Waals surface area (Å²) in [6.07, 6.45) is 4.21. The molecule has 1 aromatic heterocycles. The number of hydrogen-bond acceptors (Lipinski definition) is 3. The molecule has 5 heteroatoms. The van der Waals surface area contributed by atoms with Crippen LogP contribution in [0.25, 0.3) is 0 Å². The van der Waals surface area contributed by atoms with Gasteiger partial charge in [0, 0.05) is 32.5 Å². The Morgan fingerprint density at radius 3 is 3.07 bits per heavy atom. The van der Waals surface area contributed by atoms with E-state index in [1.54, 1.807) is 19.4 Å². The van der Waals surface area contributed by atoms with Crippen LogP contribution in [0.3, 0.4) is 0 Å². The van der Waals surface area contributed by atoms with E-state index in [2.05, 4.69) is 4.98 Å². The second kappa shape index (κ2) is 3.61. The molecular weight excluding hydrogens is 202 g/mol. The lowest BCUT2D eigenvalue weighted by atomic mass is 10.4. The van der Waals surface area contributed by atoms with E-state index in [9.17, 15) is 4.79 Å². The number of alkyl halides is 1. The Hall–Kier alpha value is -1.03. The standard InChI is InChI=1S/C9H12ClN3O/c1-12-5-3-11-8(9(12)14)13-4-2-7(10)6-13/h3,5,7H,2,4,6H2,1H3. The SMILES string of the molecule is Cn1ccnc(N2CCC(Cl)C2)c1=O. The maximum atomic E-state index is 11.7. The highest BCUT2D eigenvalue weighted by Crippen LogP contribution is 2.17. The Labute approximate surface area is 87.1 Å². The first-order chi connectivity index (χ1) is 6.68. The van der Waals surface area contributed by atoms with Gasteiger partial charge in [-0.15, -0.1) is 11.6 Å². The van der Waals surface area contributed by atoms with Gasteiger partial charge < -0.3 is 9.47 Å². The second-order valence-electron chi connectivity index (χ2n) is 3.50. The Bertz CT molecular complexity index is 390. The molecule has 0 N–H and O–H groups in total. The van der Waals surface area contributed by atoms with Crippen molar-refractivity contribution >= 4 is 17.4 Å². The molecule has 1 saturated heterocycles. The Kier molecular flexibility index (Phi) is 2.46. The van der Waals surface area contributed by atoms with Crippen LogP contribution in [0.4, 0.5) is 5.82 Å².